The molecule has 2 aromatic carbocycles. The summed E-state index contributed by atoms with van der Waals surface area (Å²) in [5, 5.41) is 2.58. The van der Waals surface area contributed by atoms with Crippen molar-refractivity contribution in [1.29, 1.82) is 0 Å². The van der Waals surface area contributed by atoms with Crippen LogP contribution >= 0.6 is 22.9 Å². The topological polar surface area (TPSA) is 49.9 Å². The molecule has 0 aliphatic rings. The number of aryl methyl sites for hydroxylation is 1. The van der Waals surface area contributed by atoms with Crippen molar-refractivity contribution in [3.05, 3.63) is 86.8 Å². The Morgan fingerprint density at radius 1 is 1.03 bits per heavy atom. The van der Waals surface area contributed by atoms with E-state index >= 15 is 0 Å². The molecule has 5 nitrogen and oxygen atoms in total. The van der Waals surface area contributed by atoms with Gasteiger partial charge in [0.15, 0.2) is 6.61 Å². The van der Waals surface area contributed by atoms with E-state index in [4.69, 9.17) is 16.3 Å². The van der Waals surface area contributed by atoms with Crippen LogP contribution in [0, 0.1) is 12.7 Å². The summed E-state index contributed by atoms with van der Waals surface area (Å²) in [5.41, 5.74) is 1.93. The van der Waals surface area contributed by atoms with Crippen molar-refractivity contribution in [2.75, 3.05) is 13.2 Å². The molecule has 0 aliphatic carbocycles. The Morgan fingerprint density at radius 2 is 1.71 bits per heavy atom. The largest absolute Gasteiger partial charge is 0.484 e. The van der Waals surface area contributed by atoms with Gasteiger partial charge in [-0.05, 0) is 79.2 Å². The van der Waals surface area contributed by atoms with Crippen LogP contribution in [0.3, 0.4) is 0 Å². The molecular formula is C27H30ClFN2O3S. The molecule has 35 heavy (non-hydrogen) atoms. The van der Waals surface area contributed by atoms with Gasteiger partial charge in [0, 0.05) is 22.5 Å². The van der Waals surface area contributed by atoms with Gasteiger partial charge in [-0.2, -0.15) is 0 Å². The minimum absolute atomic E-state index is 0.0660. The summed E-state index contributed by atoms with van der Waals surface area (Å²) in [7, 11) is 0. The maximum absolute atomic E-state index is 13.5. The Kier molecular flexibility index (Phi) is 9.69. The first kappa shape index (κ1) is 26.7. The lowest BCUT2D eigenvalue weighted by atomic mass is 10.1. The lowest BCUT2D eigenvalue weighted by molar-refractivity contribution is -0.144. The van der Waals surface area contributed by atoms with Crippen LogP contribution in [0.4, 0.5) is 4.39 Å². The van der Waals surface area contributed by atoms with Crippen LogP contribution in [0.15, 0.2) is 60.0 Å². The average molecular weight is 517 g/mol. The van der Waals surface area contributed by atoms with Crippen LogP contribution in [0.1, 0.15) is 36.3 Å². The van der Waals surface area contributed by atoms with Crippen LogP contribution in [0.2, 0.25) is 5.02 Å². The molecule has 8 heteroatoms. The molecule has 186 valence electrons. The van der Waals surface area contributed by atoms with Gasteiger partial charge in [0.1, 0.15) is 18.1 Å². The molecule has 0 radical (unpaired) electrons. The maximum atomic E-state index is 13.5. The molecule has 0 N–H and O–H groups in total. The van der Waals surface area contributed by atoms with Crippen molar-refractivity contribution in [3.8, 4) is 5.75 Å². The van der Waals surface area contributed by atoms with E-state index in [1.165, 1.54) is 12.1 Å². The summed E-state index contributed by atoms with van der Waals surface area (Å²) in [6, 6.07) is 14.8. The van der Waals surface area contributed by atoms with Crippen molar-refractivity contribution in [3.63, 3.8) is 0 Å². The van der Waals surface area contributed by atoms with E-state index in [1.54, 1.807) is 57.5 Å². The Labute approximate surface area is 215 Å². The van der Waals surface area contributed by atoms with Gasteiger partial charge in [0.25, 0.3) is 5.91 Å². The van der Waals surface area contributed by atoms with Gasteiger partial charge in [-0.25, -0.2) is 4.39 Å². The minimum Gasteiger partial charge on any atom is -0.484 e. The lowest BCUT2D eigenvalue weighted by Gasteiger charge is -2.31. The molecule has 3 rings (SSSR count). The number of carbonyl (C=O) groups excluding carboxylic acids is 2. The lowest BCUT2D eigenvalue weighted by Crippen LogP contribution is -2.47. The van der Waals surface area contributed by atoms with E-state index in [1.807, 2.05) is 32.2 Å². The minimum atomic E-state index is -0.324. The number of halogens is 2. The third-order valence-corrected chi connectivity index (χ3v) is 7.13. The Bertz CT molecular complexity index is 1120. The van der Waals surface area contributed by atoms with Gasteiger partial charge in [-0.3, -0.25) is 9.59 Å². The fourth-order valence-electron chi connectivity index (χ4n) is 3.50. The highest BCUT2D eigenvalue weighted by molar-refractivity contribution is 7.10. The molecule has 1 atom stereocenters. The van der Waals surface area contributed by atoms with Gasteiger partial charge in [-0.1, -0.05) is 30.7 Å². The summed E-state index contributed by atoms with van der Waals surface area (Å²) in [5.74, 6) is -0.238. The number of benzene rings is 2. The monoisotopic (exact) mass is 516 g/mol. The van der Waals surface area contributed by atoms with E-state index in [-0.39, 0.29) is 36.8 Å². The fraction of sp³-hybridized carbons (Fsp3) is 0.333. The number of amides is 2. The van der Waals surface area contributed by atoms with Crippen molar-refractivity contribution < 1.29 is 18.7 Å². The summed E-state index contributed by atoms with van der Waals surface area (Å²) in [6.45, 7) is 6.39. The maximum Gasteiger partial charge on any atom is 0.261 e. The highest BCUT2D eigenvalue weighted by atomic mass is 35.5. The Hall–Kier alpha value is -2.90. The standard InChI is InChI=1S/C27H30ClFN2O3S/c1-4-20(3)31(27(33)18-34-24-11-7-22(28)8-12-24)17-26(32)30(16-25-19(2)13-14-35-25)15-21-5-9-23(29)10-6-21/h5-14,20H,4,15-18H2,1-3H3. The molecule has 2 amide bonds. The molecule has 1 aromatic heterocycles. The highest BCUT2D eigenvalue weighted by Gasteiger charge is 2.26. The molecule has 0 saturated heterocycles. The predicted molar refractivity (Wildman–Crippen MR) is 138 cm³/mol. The number of ether oxygens (including phenoxy) is 1. The average Bonchev–Trinajstić information content (AvgIpc) is 3.26. The number of thiophene rings is 1. The summed E-state index contributed by atoms with van der Waals surface area (Å²) < 4.78 is 19.0. The van der Waals surface area contributed by atoms with Gasteiger partial charge in [0.05, 0.1) is 6.54 Å². The van der Waals surface area contributed by atoms with Gasteiger partial charge < -0.3 is 14.5 Å². The number of hydrogen-bond donors (Lipinski definition) is 0. The van der Waals surface area contributed by atoms with Crippen molar-refractivity contribution in [2.45, 2.75) is 46.3 Å². The summed E-state index contributed by atoms with van der Waals surface area (Å²) >= 11 is 7.49. The Balaban J connectivity index is 1.74. The highest BCUT2D eigenvalue weighted by Crippen LogP contribution is 2.21. The predicted octanol–water partition coefficient (Wildman–Crippen LogP) is 6.08. The van der Waals surface area contributed by atoms with Crippen LogP contribution in [-0.4, -0.2) is 40.8 Å². The summed E-state index contributed by atoms with van der Waals surface area (Å²) in [6.07, 6.45) is 0.696. The van der Waals surface area contributed by atoms with E-state index in [9.17, 15) is 14.0 Å². The van der Waals surface area contributed by atoms with Crippen molar-refractivity contribution >= 4 is 34.8 Å². The molecule has 0 spiro atoms. The van der Waals surface area contributed by atoms with Crippen LogP contribution in [0.25, 0.3) is 0 Å². The fourth-order valence-corrected chi connectivity index (χ4v) is 4.54. The Morgan fingerprint density at radius 3 is 2.31 bits per heavy atom. The first-order valence-corrected chi connectivity index (χ1v) is 12.8. The molecule has 3 aromatic rings. The van der Waals surface area contributed by atoms with E-state index in [0.29, 0.717) is 30.3 Å². The smallest absolute Gasteiger partial charge is 0.261 e. The number of carbonyl (C=O) groups is 2. The zero-order valence-corrected chi connectivity index (χ0v) is 21.7. The molecular weight excluding hydrogens is 487 g/mol. The number of nitrogens with zero attached hydrogens (tertiary/aromatic N) is 2. The quantitative estimate of drug-likeness (QED) is 0.310. The van der Waals surface area contributed by atoms with E-state index in [2.05, 4.69) is 0 Å². The first-order valence-electron chi connectivity index (χ1n) is 11.5. The summed E-state index contributed by atoms with van der Waals surface area (Å²) in [4.78, 5) is 30.9. The molecule has 1 heterocycles. The second-order valence-electron chi connectivity index (χ2n) is 8.42. The van der Waals surface area contributed by atoms with E-state index in [0.717, 1.165) is 16.0 Å². The number of rotatable bonds is 11. The molecule has 0 bridgehead atoms. The molecule has 0 fully saturated rings. The van der Waals surface area contributed by atoms with Gasteiger partial charge in [0.2, 0.25) is 5.91 Å². The van der Waals surface area contributed by atoms with Crippen molar-refractivity contribution in [1.82, 2.24) is 9.80 Å². The zero-order chi connectivity index (χ0) is 25.4. The molecule has 0 saturated carbocycles. The number of hydrogen-bond acceptors (Lipinski definition) is 4. The van der Waals surface area contributed by atoms with Gasteiger partial charge >= 0.3 is 0 Å². The molecule has 1 unspecified atom stereocenters. The van der Waals surface area contributed by atoms with Crippen molar-refractivity contribution in [2.24, 2.45) is 0 Å². The third kappa shape index (κ3) is 7.80. The first-order chi connectivity index (χ1) is 16.8. The molecule has 0 aliphatic heterocycles. The second-order valence-corrected chi connectivity index (χ2v) is 9.86. The van der Waals surface area contributed by atoms with E-state index < -0.39 is 0 Å². The van der Waals surface area contributed by atoms with Crippen LogP contribution in [0.5, 0.6) is 5.75 Å². The zero-order valence-electron chi connectivity index (χ0n) is 20.2. The third-order valence-electron chi connectivity index (χ3n) is 5.87. The second kappa shape index (κ2) is 12.7. The SMILES string of the molecule is CCC(C)N(CC(=O)N(Cc1ccc(F)cc1)Cc1sccc1C)C(=O)COc1ccc(Cl)cc1. The van der Waals surface area contributed by atoms with Crippen LogP contribution < -0.4 is 4.74 Å². The van der Waals surface area contributed by atoms with Gasteiger partial charge in [-0.15, -0.1) is 11.3 Å². The normalized spacial score (nSPS) is 11.7. The van der Waals surface area contributed by atoms with Crippen LogP contribution in [-0.2, 0) is 22.7 Å².